The molecule has 98 valence electrons. The van der Waals surface area contributed by atoms with Gasteiger partial charge in [0.15, 0.2) is 0 Å². The lowest BCUT2D eigenvalue weighted by Gasteiger charge is -2.10. The van der Waals surface area contributed by atoms with E-state index in [9.17, 15) is 0 Å². The topological polar surface area (TPSA) is 38.9 Å². The number of hydrogen-bond acceptors (Lipinski definition) is 2. The molecule has 2 heteroatoms. The molecule has 2 N–H and O–H groups in total. The van der Waals surface area contributed by atoms with Crippen LogP contribution in [0.5, 0.6) is 0 Å². The monoisotopic (exact) mass is 260 g/mol. The van der Waals surface area contributed by atoms with E-state index in [4.69, 9.17) is 5.73 Å². The van der Waals surface area contributed by atoms with E-state index in [2.05, 4.69) is 47.4 Å². The van der Waals surface area contributed by atoms with Crippen molar-refractivity contribution in [2.75, 3.05) is 0 Å². The molecular weight excluding hydrogens is 244 g/mol. The average Bonchev–Trinajstić information content (AvgIpc) is 2.87. The van der Waals surface area contributed by atoms with E-state index in [1.165, 1.54) is 33.0 Å². The Kier molecular flexibility index (Phi) is 2.57. The van der Waals surface area contributed by atoms with E-state index in [1.54, 1.807) is 0 Å². The van der Waals surface area contributed by atoms with Crippen LogP contribution in [0.25, 0.3) is 21.9 Å². The Hall–Kier alpha value is -2.19. The molecule has 0 spiro atoms. The Bertz CT molecular complexity index is 787. The fourth-order valence-corrected chi connectivity index (χ4v) is 3.18. The summed E-state index contributed by atoms with van der Waals surface area (Å²) in [6.07, 6.45) is 5.95. The van der Waals surface area contributed by atoms with Gasteiger partial charge in [-0.2, -0.15) is 0 Å². The Labute approximate surface area is 118 Å². The van der Waals surface area contributed by atoms with Gasteiger partial charge in [0, 0.05) is 23.8 Å². The van der Waals surface area contributed by atoms with Crippen molar-refractivity contribution < 1.29 is 0 Å². The number of hydrogen-bond donors (Lipinski definition) is 1. The molecule has 0 fully saturated rings. The summed E-state index contributed by atoms with van der Waals surface area (Å²) in [4.78, 5) is 4.26. The molecule has 2 nitrogen and oxygen atoms in total. The smallest absolute Gasteiger partial charge is 0.0352 e. The van der Waals surface area contributed by atoms with Crippen molar-refractivity contribution in [2.45, 2.75) is 18.9 Å². The van der Waals surface area contributed by atoms with Crippen LogP contribution in [0.4, 0.5) is 0 Å². The van der Waals surface area contributed by atoms with E-state index in [-0.39, 0.29) is 6.04 Å². The zero-order chi connectivity index (χ0) is 13.5. The molecule has 1 aliphatic carbocycles. The second-order valence-electron chi connectivity index (χ2n) is 5.46. The third-order valence-electron chi connectivity index (χ3n) is 4.26. The van der Waals surface area contributed by atoms with Crippen LogP contribution in [0.15, 0.2) is 54.9 Å². The summed E-state index contributed by atoms with van der Waals surface area (Å²) in [5, 5.41) is 2.44. The molecule has 0 aliphatic heterocycles. The molecule has 0 radical (unpaired) electrons. The highest BCUT2D eigenvalue weighted by atomic mass is 14.6. The van der Waals surface area contributed by atoms with Gasteiger partial charge in [-0.15, -0.1) is 0 Å². The fourth-order valence-electron chi connectivity index (χ4n) is 3.18. The SMILES string of the molecule is NC1CCc2cc(-c3cccc4ccncc34)ccc21. The fraction of sp³-hybridized carbons (Fsp3) is 0.167. The van der Waals surface area contributed by atoms with E-state index in [0.717, 1.165) is 12.8 Å². The first-order valence-electron chi connectivity index (χ1n) is 7.04. The minimum absolute atomic E-state index is 0.216. The second kappa shape index (κ2) is 4.43. The van der Waals surface area contributed by atoms with Crippen LogP contribution in [-0.2, 0) is 6.42 Å². The molecule has 2 aromatic carbocycles. The van der Waals surface area contributed by atoms with Crippen molar-refractivity contribution in [1.29, 1.82) is 0 Å². The van der Waals surface area contributed by atoms with Crippen LogP contribution in [0, 0.1) is 0 Å². The number of rotatable bonds is 1. The van der Waals surface area contributed by atoms with Gasteiger partial charge < -0.3 is 5.73 Å². The molecule has 0 saturated heterocycles. The maximum atomic E-state index is 6.12. The lowest BCUT2D eigenvalue weighted by molar-refractivity contribution is 0.713. The predicted octanol–water partition coefficient (Wildman–Crippen LogP) is 3.85. The molecule has 1 atom stereocenters. The molecule has 4 rings (SSSR count). The normalized spacial score (nSPS) is 17.4. The third-order valence-corrected chi connectivity index (χ3v) is 4.26. The van der Waals surface area contributed by atoms with Gasteiger partial charge in [0.2, 0.25) is 0 Å². The quantitative estimate of drug-likeness (QED) is 0.721. The average molecular weight is 260 g/mol. The molecule has 0 bridgehead atoms. The summed E-state index contributed by atoms with van der Waals surface area (Å²) in [6.45, 7) is 0. The van der Waals surface area contributed by atoms with Gasteiger partial charge in [-0.25, -0.2) is 0 Å². The highest BCUT2D eigenvalue weighted by Gasteiger charge is 2.19. The Morgan fingerprint density at radius 3 is 3.00 bits per heavy atom. The summed E-state index contributed by atoms with van der Waals surface area (Å²) in [6, 6.07) is 15.4. The van der Waals surface area contributed by atoms with E-state index < -0.39 is 0 Å². The Balaban J connectivity index is 1.92. The third kappa shape index (κ3) is 1.73. The van der Waals surface area contributed by atoms with Crippen LogP contribution in [0.2, 0.25) is 0 Å². The minimum Gasteiger partial charge on any atom is -0.324 e. The lowest BCUT2D eigenvalue weighted by Crippen LogP contribution is -2.04. The molecule has 0 amide bonds. The van der Waals surface area contributed by atoms with Gasteiger partial charge in [-0.1, -0.05) is 36.4 Å². The standard InChI is InChI=1S/C18H16N2/c19-18-7-5-14-10-13(4-6-16(14)18)15-3-1-2-12-8-9-20-11-17(12)15/h1-4,6,8-11,18H,5,7,19H2. The van der Waals surface area contributed by atoms with Crippen LogP contribution in [0.3, 0.4) is 0 Å². The van der Waals surface area contributed by atoms with Crippen molar-refractivity contribution >= 4 is 10.8 Å². The first kappa shape index (κ1) is 11.6. The van der Waals surface area contributed by atoms with Crippen LogP contribution in [-0.4, -0.2) is 4.98 Å². The Morgan fingerprint density at radius 2 is 2.05 bits per heavy atom. The lowest BCUT2D eigenvalue weighted by atomic mass is 9.96. The van der Waals surface area contributed by atoms with E-state index in [1.807, 2.05) is 12.4 Å². The number of fused-ring (bicyclic) bond motifs is 2. The first-order valence-corrected chi connectivity index (χ1v) is 7.04. The largest absolute Gasteiger partial charge is 0.324 e. The van der Waals surface area contributed by atoms with Gasteiger partial charge in [-0.3, -0.25) is 4.98 Å². The summed E-state index contributed by atoms with van der Waals surface area (Å²) in [7, 11) is 0. The molecule has 1 heterocycles. The molecule has 3 aromatic rings. The highest BCUT2D eigenvalue weighted by Crippen LogP contribution is 2.34. The highest BCUT2D eigenvalue weighted by molar-refractivity contribution is 5.96. The van der Waals surface area contributed by atoms with Crippen molar-refractivity contribution in [2.24, 2.45) is 5.73 Å². The van der Waals surface area contributed by atoms with Crippen molar-refractivity contribution in [3.63, 3.8) is 0 Å². The number of aromatic nitrogens is 1. The molecule has 1 aromatic heterocycles. The molecular formula is C18H16N2. The summed E-state index contributed by atoms with van der Waals surface area (Å²) >= 11 is 0. The van der Waals surface area contributed by atoms with Gasteiger partial charge in [0.05, 0.1) is 0 Å². The molecule has 0 saturated carbocycles. The van der Waals surface area contributed by atoms with Gasteiger partial charge in [0.1, 0.15) is 0 Å². The second-order valence-corrected chi connectivity index (χ2v) is 5.46. The Morgan fingerprint density at radius 1 is 1.10 bits per heavy atom. The summed E-state index contributed by atoms with van der Waals surface area (Å²) < 4.78 is 0. The van der Waals surface area contributed by atoms with E-state index >= 15 is 0 Å². The van der Waals surface area contributed by atoms with Crippen molar-refractivity contribution in [1.82, 2.24) is 4.98 Å². The zero-order valence-electron chi connectivity index (χ0n) is 11.2. The number of nitrogens with zero attached hydrogens (tertiary/aromatic N) is 1. The first-order chi connectivity index (χ1) is 9.83. The molecule has 20 heavy (non-hydrogen) atoms. The summed E-state index contributed by atoms with van der Waals surface area (Å²) in [5.74, 6) is 0. The zero-order valence-corrected chi connectivity index (χ0v) is 11.2. The maximum Gasteiger partial charge on any atom is 0.0352 e. The number of aryl methyl sites for hydroxylation is 1. The van der Waals surface area contributed by atoms with Gasteiger partial charge >= 0.3 is 0 Å². The number of nitrogens with two attached hydrogens (primary N) is 1. The van der Waals surface area contributed by atoms with Crippen LogP contribution >= 0.6 is 0 Å². The van der Waals surface area contributed by atoms with E-state index in [0.29, 0.717) is 0 Å². The van der Waals surface area contributed by atoms with Crippen molar-refractivity contribution in [3.05, 3.63) is 66.0 Å². The minimum atomic E-state index is 0.216. The maximum absolute atomic E-state index is 6.12. The van der Waals surface area contributed by atoms with Gasteiger partial charge in [-0.05, 0) is 46.5 Å². The van der Waals surface area contributed by atoms with Gasteiger partial charge in [0.25, 0.3) is 0 Å². The predicted molar refractivity (Wildman–Crippen MR) is 82.4 cm³/mol. The summed E-state index contributed by atoms with van der Waals surface area (Å²) in [5.41, 5.74) is 11.3. The number of pyridine rings is 1. The van der Waals surface area contributed by atoms with Crippen molar-refractivity contribution in [3.8, 4) is 11.1 Å². The van der Waals surface area contributed by atoms with Crippen LogP contribution in [0.1, 0.15) is 23.6 Å². The molecule has 1 unspecified atom stereocenters. The van der Waals surface area contributed by atoms with Crippen LogP contribution < -0.4 is 5.73 Å². The number of benzene rings is 2. The molecule has 1 aliphatic rings.